The van der Waals surface area contributed by atoms with E-state index in [9.17, 15) is 0 Å². The molecule has 0 amide bonds. The van der Waals surface area contributed by atoms with E-state index >= 15 is 0 Å². The van der Waals surface area contributed by atoms with E-state index in [1.165, 1.54) is 5.52 Å². The molecule has 6 nitrogen and oxygen atoms in total. The smallest absolute Gasteiger partial charge is 0.234 e. The lowest BCUT2D eigenvalue weighted by molar-refractivity contribution is 0.232. The molecule has 126 valence electrons. The summed E-state index contributed by atoms with van der Waals surface area (Å²) in [5.74, 6) is 2.38. The summed E-state index contributed by atoms with van der Waals surface area (Å²) in [6, 6.07) is 8.21. The molecule has 6 heteroatoms. The first kappa shape index (κ1) is 16.2. The minimum atomic E-state index is 0.0899. The summed E-state index contributed by atoms with van der Waals surface area (Å²) in [6.45, 7) is 4.75. The normalized spacial score (nSPS) is 11.2. The first-order valence-electron chi connectivity index (χ1n) is 8.26. The van der Waals surface area contributed by atoms with Crippen LogP contribution in [0, 0.1) is 0 Å². The van der Waals surface area contributed by atoms with Crippen molar-refractivity contribution in [3.63, 3.8) is 0 Å². The van der Waals surface area contributed by atoms with Crippen molar-refractivity contribution < 1.29 is 4.74 Å². The van der Waals surface area contributed by atoms with Gasteiger partial charge in [0.05, 0.1) is 29.5 Å². The van der Waals surface area contributed by atoms with Crippen LogP contribution in [0.2, 0.25) is 0 Å². The summed E-state index contributed by atoms with van der Waals surface area (Å²) < 4.78 is 7.71. The zero-order valence-corrected chi connectivity index (χ0v) is 14.4. The lowest BCUT2D eigenvalue weighted by Gasteiger charge is -2.10. The quantitative estimate of drug-likeness (QED) is 0.676. The summed E-state index contributed by atoms with van der Waals surface area (Å²) in [6.07, 6.45) is 5.31. The first-order chi connectivity index (χ1) is 11.6. The molecule has 0 fully saturated rings. The highest BCUT2D eigenvalue weighted by Gasteiger charge is 2.07. The van der Waals surface area contributed by atoms with Crippen molar-refractivity contribution in [1.82, 2.24) is 19.5 Å². The van der Waals surface area contributed by atoms with E-state index in [4.69, 9.17) is 9.72 Å². The molecule has 0 saturated heterocycles. The predicted molar refractivity (Wildman–Crippen MR) is 95.3 cm³/mol. The molecular formula is C18H23N5O. The van der Waals surface area contributed by atoms with Crippen LogP contribution in [0.1, 0.15) is 26.1 Å². The molecule has 2 aromatic heterocycles. The van der Waals surface area contributed by atoms with Gasteiger partial charge in [-0.05, 0) is 32.4 Å². The fourth-order valence-electron chi connectivity index (χ4n) is 2.61. The lowest BCUT2D eigenvalue weighted by atomic mass is 10.3. The Labute approximate surface area is 141 Å². The molecule has 0 aliphatic heterocycles. The van der Waals surface area contributed by atoms with E-state index in [2.05, 4.69) is 33.0 Å². The summed E-state index contributed by atoms with van der Waals surface area (Å²) in [5, 5.41) is 3.29. The van der Waals surface area contributed by atoms with Crippen molar-refractivity contribution in [2.75, 3.05) is 11.9 Å². The minimum Gasteiger partial charge on any atom is -0.474 e. The Balaban J connectivity index is 1.54. The van der Waals surface area contributed by atoms with Gasteiger partial charge in [-0.1, -0.05) is 12.1 Å². The van der Waals surface area contributed by atoms with Crippen LogP contribution in [-0.2, 0) is 13.5 Å². The molecule has 3 aromatic rings. The van der Waals surface area contributed by atoms with Gasteiger partial charge in [-0.25, -0.2) is 4.98 Å². The van der Waals surface area contributed by atoms with E-state index < -0.39 is 0 Å². The fraction of sp³-hybridized carbons (Fsp3) is 0.389. The number of nitrogens with one attached hydrogen (secondary N) is 1. The Morgan fingerprint density at radius 3 is 2.79 bits per heavy atom. The van der Waals surface area contributed by atoms with Gasteiger partial charge < -0.3 is 14.6 Å². The molecule has 24 heavy (non-hydrogen) atoms. The largest absolute Gasteiger partial charge is 0.474 e. The van der Waals surface area contributed by atoms with Gasteiger partial charge in [0.15, 0.2) is 0 Å². The number of hydrogen-bond acceptors (Lipinski definition) is 5. The molecule has 3 rings (SSSR count). The molecule has 2 heterocycles. The Morgan fingerprint density at radius 2 is 2.00 bits per heavy atom. The molecule has 0 atom stereocenters. The van der Waals surface area contributed by atoms with E-state index in [-0.39, 0.29) is 6.10 Å². The highest BCUT2D eigenvalue weighted by molar-refractivity contribution is 5.75. The van der Waals surface area contributed by atoms with Crippen LogP contribution in [0.5, 0.6) is 5.88 Å². The predicted octanol–water partition coefficient (Wildman–Crippen LogP) is 3.20. The average molecular weight is 325 g/mol. The second kappa shape index (κ2) is 7.29. The molecule has 0 aliphatic rings. The SMILES string of the molecule is CC(C)Oc1cncc(NCCCc2nc3ccccc3n2C)n1. The van der Waals surface area contributed by atoms with Crippen molar-refractivity contribution in [1.29, 1.82) is 0 Å². The lowest BCUT2D eigenvalue weighted by Crippen LogP contribution is -2.10. The van der Waals surface area contributed by atoms with Gasteiger partial charge in [0, 0.05) is 20.0 Å². The Hall–Kier alpha value is -2.63. The summed E-state index contributed by atoms with van der Waals surface area (Å²) in [4.78, 5) is 13.2. The highest BCUT2D eigenvalue weighted by Crippen LogP contribution is 2.15. The van der Waals surface area contributed by atoms with Crippen LogP contribution in [0.4, 0.5) is 5.82 Å². The summed E-state index contributed by atoms with van der Waals surface area (Å²) in [7, 11) is 2.07. The minimum absolute atomic E-state index is 0.0899. The Kier molecular flexibility index (Phi) is 4.93. The van der Waals surface area contributed by atoms with Gasteiger partial charge >= 0.3 is 0 Å². The van der Waals surface area contributed by atoms with Gasteiger partial charge in [-0.2, -0.15) is 4.98 Å². The van der Waals surface area contributed by atoms with Crippen molar-refractivity contribution in [3.8, 4) is 5.88 Å². The van der Waals surface area contributed by atoms with Crippen LogP contribution in [-0.4, -0.2) is 32.2 Å². The number of benzene rings is 1. The standard InChI is InChI=1S/C18H23N5O/c1-13(2)24-18-12-19-11-16(22-18)20-10-6-9-17-21-14-7-4-5-8-15(14)23(17)3/h4-5,7-8,11-13H,6,9-10H2,1-3H3,(H,20,22). The number of para-hydroxylation sites is 2. The molecule has 1 aromatic carbocycles. The monoisotopic (exact) mass is 325 g/mol. The third kappa shape index (κ3) is 3.82. The Morgan fingerprint density at radius 1 is 1.17 bits per heavy atom. The first-order valence-corrected chi connectivity index (χ1v) is 8.26. The topological polar surface area (TPSA) is 64.9 Å². The number of fused-ring (bicyclic) bond motifs is 1. The maximum Gasteiger partial charge on any atom is 0.234 e. The molecular weight excluding hydrogens is 302 g/mol. The second-order valence-electron chi connectivity index (χ2n) is 6.02. The maximum atomic E-state index is 5.55. The number of aryl methyl sites for hydroxylation is 2. The third-order valence-corrected chi connectivity index (χ3v) is 3.73. The number of nitrogens with zero attached hydrogens (tertiary/aromatic N) is 4. The fourth-order valence-corrected chi connectivity index (χ4v) is 2.61. The van der Waals surface area contributed by atoms with Gasteiger partial charge in [-0.3, -0.25) is 4.98 Å². The van der Waals surface area contributed by atoms with Crippen molar-refractivity contribution in [3.05, 3.63) is 42.5 Å². The number of aromatic nitrogens is 4. The van der Waals surface area contributed by atoms with Crippen LogP contribution >= 0.6 is 0 Å². The maximum absolute atomic E-state index is 5.55. The zero-order chi connectivity index (χ0) is 16.9. The molecule has 0 saturated carbocycles. The van der Waals surface area contributed by atoms with E-state index in [1.807, 2.05) is 32.0 Å². The summed E-state index contributed by atoms with van der Waals surface area (Å²) >= 11 is 0. The molecule has 0 unspecified atom stereocenters. The van der Waals surface area contributed by atoms with Crippen LogP contribution < -0.4 is 10.1 Å². The van der Waals surface area contributed by atoms with Gasteiger partial charge in [0.25, 0.3) is 0 Å². The van der Waals surface area contributed by atoms with E-state index in [0.29, 0.717) is 5.88 Å². The molecule has 0 bridgehead atoms. The van der Waals surface area contributed by atoms with Gasteiger partial charge in [0.2, 0.25) is 5.88 Å². The molecule has 0 radical (unpaired) electrons. The van der Waals surface area contributed by atoms with Crippen molar-refractivity contribution in [2.45, 2.75) is 32.8 Å². The second-order valence-corrected chi connectivity index (χ2v) is 6.02. The van der Waals surface area contributed by atoms with Crippen LogP contribution in [0.15, 0.2) is 36.7 Å². The van der Waals surface area contributed by atoms with E-state index in [1.54, 1.807) is 12.4 Å². The van der Waals surface area contributed by atoms with Crippen molar-refractivity contribution >= 4 is 16.9 Å². The van der Waals surface area contributed by atoms with Crippen LogP contribution in [0.3, 0.4) is 0 Å². The Bertz CT molecular complexity index is 812. The van der Waals surface area contributed by atoms with Crippen molar-refractivity contribution in [2.24, 2.45) is 7.05 Å². The number of ether oxygens (including phenoxy) is 1. The molecule has 0 spiro atoms. The number of hydrogen-bond donors (Lipinski definition) is 1. The number of anilines is 1. The molecule has 0 aliphatic carbocycles. The van der Waals surface area contributed by atoms with Gasteiger partial charge in [-0.15, -0.1) is 0 Å². The molecule has 1 N–H and O–H groups in total. The number of imidazole rings is 1. The highest BCUT2D eigenvalue weighted by atomic mass is 16.5. The van der Waals surface area contributed by atoms with Crippen LogP contribution in [0.25, 0.3) is 11.0 Å². The average Bonchev–Trinajstić information content (AvgIpc) is 2.88. The zero-order valence-electron chi connectivity index (χ0n) is 14.4. The van der Waals surface area contributed by atoms with Gasteiger partial charge in [0.1, 0.15) is 11.6 Å². The summed E-state index contributed by atoms with van der Waals surface area (Å²) in [5.41, 5.74) is 2.22. The third-order valence-electron chi connectivity index (χ3n) is 3.73. The number of rotatable bonds is 7. The van der Waals surface area contributed by atoms with E-state index in [0.717, 1.165) is 36.5 Å².